The molecule has 0 heterocycles. The molecule has 0 atom stereocenters. The van der Waals surface area contributed by atoms with Crippen molar-refractivity contribution in [3.8, 4) is 0 Å². The maximum Gasteiger partial charge on any atom is 2.00 e. The minimum atomic E-state index is -3.63. The Kier molecular flexibility index (Phi) is 21.2. The van der Waals surface area contributed by atoms with Gasteiger partial charge in [0.25, 0.3) is 0 Å². The molecule has 0 aliphatic carbocycles. The Bertz CT molecular complexity index is 63.3. The molecule has 0 fully saturated rings. The largest absolute Gasteiger partial charge is 2.00 e. The molecule has 0 spiro atoms. The number of hydrogen-bond donors (Lipinski definition) is 0. The predicted molar refractivity (Wildman–Crippen MR) is 31.8 cm³/mol. The van der Waals surface area contributed by atoms with E-state index in [1.165, 1.54) is 0 Å². The second-order valence-electron chi connectivity index (χ2n) is 1.59. The first-order valence-corrected chi connectivity index (χ1v) is 3.18. The minimum absolute atomic E-state index is 0. The second-order valence-corrected chi connectivity index (χ2v) is 2.09. The van der Waals surface area contributed by atoms with E-state index in [0.717, 1.165) is 0 Å². The van der Waals surface area contributed by atoms with Gasteiger partial charge in [-0.3, -0.25) is 0 Å². The topological polar surface area (TPSA) is 66.4 Å². The van der Waals surface area contributed by atoms with Gasteiger partial charge in [-0.15, -0.1) is 0 Å². The maximum atomic E-state index is 8.52. The molecule has 0 unspecified atom stereocenters. The van der Waals surface area contributed by atoms with Crippen LogP contribution >= 0.6 is 0 Å². The summed E-state index contributed by atoms with van der Waals surface area (Å²) in [5.41, 5.74) is 0. The Balaban J connectivity index is -0.0000000720. The van der Waals surface area contributed by atoms with Gasteiger partial charge >= 0.3 is 37.7 Å². The van der Waals surface area contributed by atoms with Crippen LogP contribution < -0.4 is 9.59 Å². The summed E-state index contributed by atoms with van der Waals surface area (Å²) in [5, 5.41) is 0. The fraction of sp³-hybridized carbons (Fsp3) is 1.00. The average molecular weight is 175 g/mol. The summed E-state index contributed by atoms with van der Waals surface area (Å²) in [7, 11) is 2.37. The minimum Gasteiger partial charge on any atom is -0.672 e. The van der Waals surface area contributed by atoms with Crippen LogP contribution in [0.25, 0.3) is 0 Å². The Labute approximate surface area is 86.4 Å². The van der Waals surface area contributed by atoms with Crippen molar-refractivity contribution < 1.29 is 14.1 Å². The molecule has 0 rings (SSSR count). The molecule has 0 aromatic heterocycles. The molecular weight excluding hydrogens is 166 g/mol. The third-order valence-electron chi connectivity index (χ3n) is 0. The standard InChI is InChI=1S/C3H9N.Ca.O3Si/c1-4(2)3;;1-4(2)3/h1-3H3;;/q;+2;-2. The summed E-state index contributed by atoms with van der Waals surface area (Å²) in [5.74, 6) is 0. The van der Waals surface area contributed by atoms with Gasteiger partial charge in [-0.1, -0.05) is 0 Å². The van der Waals surface area contributed by atoms with Gasteiger partial charge < -0.3 is 19.0 Å². The van der Waals surface area contributed by atoms with Crippen LogP contribution in [0.2, 0.25) is 0 Å². The molecule has 0 aromatic rings. The van der Waals surface area contributed by atoms with Crippen LogP contribution in [0.4, 0.5) is 0 Å². The zero-order chi connectivity index (χ0) is 7.15. The Morgan fingerprint density at radius 2 is 1.22 bits per heavy atom. The van der Waals surface area contributed by atoms with Gasteiger partial charge in [0, 0.05) is 9.17 Å². The van der Waals surface area contributed by atoms with Crippen LogP contribution in [0.1, 0.15) is 0 Å². The molecule has 0 N–H and O–H groups in total. The summed E-state index contributed by atoms with van der Waals surface area (Å²) in [4.78, 5) is 19.0. The first-order chi connectivity index (χ1) is 3.46. The third kappa shape index (κ3) is 590. The fourth-order valence-corrected chi connectivity index (χ4v) is 0. The van der Waals surface area contributed by atoms with Gasteiger partial charge in [-0.05, 0) is 21.1 Å². The van der Waals surface area contributed by atoms with Gasteiger partial charge in [0.15, 0.2) is 0 Å². The number of hydrogen-bond acceptors (Lipinski definition) is 4. The van der Waals surface area contributed by atoms with E-state index >= 15 is 0 Å². The smallest absolute Gasteiger partial charge is 0.672 e. The molecule has 0 radical (unpaired) electrons. The van der Waals surface area contributed by atoms with Crippen molar-refractivity contribution in [2.45, 2.75) is 0 Å². The molecule has 50 valence electrons. The first-order valence-electron chi connectivity index (χ1n) is 1.95. The van der Waals surface area contributed by atoms with Crippen LogP contribution in [0, 0.1) is 0 Å². The summed E-state index contributed by atoms with van der Waals surface area (Å²) >= 11 is 0. The van der Waals surface area contributed by atoms with Gasteiger partial charge in [0.2, 0.25) is 0 Å². The molecule has 0 bridgehead atoms. The van der Waals surface area contributed by atoms with E-state index in [-0.39, 0.29) is 37.7 Å². The van der Waals surface area contributed by atoms with Crippen molar-refractivity contribution in [3.05, 3.63) is 0 Å². The van der Waals surface area contributed by atoms with Crippen molar-refractivity contribution in [2.75, 3.05) is 21.1 Å². The Morgan fingerprint density at radius 1 is 1.22 bits per heavy atom. The van der Waals surface area contributed by atoms with Crippen LogP contribution in [0.15, 0.2) is 0 Å². The van der Waals surface area contributed by atoms with Crippen LogP contribution in [-0.4, -0.2) is 73.0 Å². The summed E-state index contributed by atoms with van der Waals surface area (Å²) in [6.45, 7) is 0. The summed E-state index contributed by atoms with van der Waals surface area (Å²) in [6.07, 6.45) is 0. The van der Waals surface area contributed by atoms with E-state index in [9.17, 15) is 0 Å². The number of rotatable bonds is 0. The maximum absolute atomic E-state index is 8.52. The van der Waals surface area contributed by atoms with Crippen molar-refractivity contribution in [3.63, 3.8) is 0 Å². The van der Waals surface area contributed by atoms with E-state index in [2.05, 4.69) is 0 Å². The van der Waals surface area contributed by atoms with Crippen LogP contribution in [-0.2, 0) is 4.46 Å². The molecule has 6 heteroatoms. The van der Waals surface area contributed by atoms with Crippen molar-refractivity contribution in [1.29, 1.82) is 0 Å². The quantitative estimate of drug-likeness (QED) is 0.366. The molecule has 9 heavy (non-hydrogen) atoms. The van der Waals surface area contributed by atoms with E-state index in [1.807, 2.05) is 26.0 Å². The SMILES string of the molecule is CN(C)C.O=[Si]([O-])[O-].[Ca+2]. The first kappa shape index (κ1) is 16.4. The average Bonchev–Trinajstić information content (AvgIpc) is 1.25. The van der Waals surface area contributed by atoms with Gasteiger partial charge in [-0.25, -0.2) is 0 Å². The van der Waals surface area contributed by atoms with E-state index in [0.29, 0.717) is 0 Å². The molecule has 0 aliphatic heterocycles. The zero-order valence-electron chi connectivity index (χ0n) is 5.88. The summed E-state index contributed by atoms with van der Waals surface area (Å²) < 4.78 is 8.52. The van der Waals surface area contributed by atoms with Gasteiger partial charge in [0.05, 0.1) is 0 Å². The normalized spacial score (nSPS) is 6.67. The molecule has 0 amide bonds. The fourth-order valence-electron chi connectivity index (χ4n) is 0. The van der Waals surface area contributed by atoms with E-state index < -0.39 is 9.17 Å². The molecule has 0 aromatic carbocycles. The summed E-state index contributed by atoms with van der Waals surface area (Å²) in [6, 6.07) is 0. The molecule has 4 nitrogen and oxygen atoms in total. The second kappa shape index (κ2) is 11.6. The van der Waals surface area contributed by atoms with Crippen molar-refractivity contribution >= 4 is 46.9 Å². The van der Waals surface area contributed by atoms with Crippen LogP contribution in [0.5, 0.6) is 0 Å². The third-order valence-corrected chi connectivity index (χ3v) is 0. The van der Waals surface area contributed by atoms with E-state index in [1.54, 1.807) is 0 Å². The molecule has 0 saturated carbocycles. The zero-order valence-corrected chi connectivity index (χ0v) is 9.09. The van der Waals surface area contributed by atoms with E-state index in [4.69, 9.17) is 14.1 Å². The van der Waals surface area contributed by atoms with Crippen LogP contribution in [0.3, 0.4) is 0 Å². The predicted octanol–water partition coefficient (Wildman–Crippen LogP) is -3.08. The number of nitrogens with zero attached hydrogens (tertiary/aromatic N) is 1. The molecular formula is C3H9CaNO3Si. The monoisotopic (exact) mass is 175 g/mol. The Hall–Kier alpha value is 0.837. The van der Waals surface area contributed by atoms with Crippen molar-refractivity contribution in [2.24, 2.45) is 0 Å². The molecule has 0 aliphatic rings. The molecule has 0 saturated heterocycles. The van der Waals surface area contributed by atoms with Gasteiger partial charge in [0.1, 0.15) is 0 Å². The van der Waals surface area contributed by atoms with Gasteiger partial charge in [-0.2, -0.15) is 0 Å². The Morgan fingerprint density at radius 3 is 1.22 bits per heavy atom. The van der Waals surface area contributed by atoms with Crippen molar-refractivity contribution in [1.82, 2.24) is 4.90 Å².